The molecule has 0 aliphatic rings. The van der Waals surface area contributed by atoms with Crippen molar-refractivity contribution in [2.45, 2.75) is 32.1 Å². The van der Waals surface area contributed by atoms with Crippen LogP contribution in [0.1, 0.15) is 24.5 Å². The minimum atomic E-state index is -3.30. The highest BCUT2D eigenvalue weighted by Gasteiger charge is 2.26. The normalized spacial score (nSPS) is 13.8. The van der Waals surface area contributed by atoms with Crippen LogP contribution in [-0.4, -0.2) is 31.6 Å². The van der Waals surface area contributed by atoms with E-state index in [1.165, 1.54) is 4.31 Å². The molecule has 1 rings (SSSR count). The Morgan fingerprint density at radius 3 is 2.28 bits per heavy atom. The first-order valence-corrected chi connectivity index (χ1v) is 7.63. The Hall–Kier alpha value is -0.910. The molecule has 0 heterocycles. The van der Waals surface area contributed by atoms with Crippen molar-refractivity contribution in [1.82, 2.24) is 4.31 Å². The molecule has 1 aromatic carbocycles. The Balaban J connectivity index is 2.81. The standard InChI is InChI=1S/C13H22N2O2S/c1-4-13(9-14)18(16,17)15(3)10-12-7-5-11(2)6-8-12/h5-8,13H,4,9-10,14H2,1-3H3. The van der Waals surface area contributed by atoms with E-state index in [-0.39, 0.29) is 6.54 Å². The van der Waals surface area contributed by atoms with Crippen molar-refractivity contribution in [3.8, 4) is 0 Å². The summed E-state index contributed by atoms with van der Waals surface area (Å²) in [6, 6.07) is 7.86. The predicted molar refractivity (Wildman–Crippen MR) is 74.7 cm³/mol. The van der Waals surface area contributed by atoms with Crippen LogP contribution in [0.4, 0.5) is 0 Å². The molecule has 0 radical (unpaired) electrons. The summed E-state index contributed by atoms with van der Waals surface area (Å²) >= 11 is 0. The SMILES string of the molecule is CCC(CN)S(=O)(=O)N(C)Cc1ccc(C)cc1. The lowest BCUT2D eigenvalue weighted by molar-refractivity contribution is 0.453. The summed E-state index contributed by atoms with van der Waals surface area (Å²) in [5.41, 5.74) is 7.66. The van der Waals surface area contributed by atoms with E-state index in [1.54, 1.807) is 7.05 Å². The molecule has 0 bridgehead atoms. The lowest BCUT2D eigenvalue weighted by Crippen LogP contribution is -2.39. The topological polar surface area (TPSA) is 63.4 Å². The van der Waals surface area contributed by atoms with Crippen LogP contribution in [0.5, 0.6) is 0 Å². The molecule has 1 unspecified atom stereocenters. The Morgan fingerprint density at radius 1 is 1.28 bits per heavy atom. The Morgan fingerprint density at radius 2 is 1.83 bits per heavy atom. The van der Waals surface area contributed by atoms with Gasteiger partial charge in [-0.15, -0.1) is 0 Å². The van der Waals surface area contributed by atoms with Gasteiger partial charge in [-0.3, -0.25) is 0 Å². The van der Waals surface area contributed by atoms with Gasteiger partial charge in [-0.05, 0) is 18.9 Å². The molecule has 4 nitrogen and oxygen atoms in total. The van der Waals surface area contributed by atoms with E-state index in [9.17, 15) is 8.42 Å². The molecule has 0 saturated heterocycles. The summed E-state index contributed by atoms with van der Waals surface area (Å²) in [7, 11) is -1.70. The van der Waals surface area contributed by atoms with Crippen molar-refractivity contribution < 1.29 is 8.42 Å². The smallest absolute Gasteiger partial charge is 0.218 e. The van der Waals surface area contributed by atoms with Crippen LogP contribution < -0.4 is 5.73 Å². The first-order chi connectivity index (χ1) is 8.41. The molecule has 0 saturated carbocycles. The van der Waals surface area contributed by atoms with E-state index in [1.807, 2.05) is 38.1 Å². The molecule has 102 valence electrons. The number of aryl methyl sites for hydroxylation is 1. The molecule has 0 aliphatic heterocycles. The highest BCUT2D eigenvalue weighted by Crippen LogP contribution is 2.14. The maximum atomic E-state index is 12.2. The van der Waals surface area contributed by atoms with Crippen molar-refractivity contribution in [1.29, 1.82) is 0 Å². The minimum Gasteiger partial charge on any atom is -0.329 e. The fourth-order valence-corrected chi connectivity index (χ4v) is 3.30. The second-order valence-electron chi connectivity index (χ2n) is 4.55. The van der Waals surface area contributed by atoms with Gasteiger partial charge in [0.05, 0.1) is 5.25 Å². The van der Waals surface area contributed by atoms with Gasteiger partial charge in [0, 0.05) is 20.1 Å². The van der Waals surface area contributed by atoms with Gasteiger partial charge in [-0.1, -0.05) is 36.8 Å². The van der Waals surface area contributed by atoms with Crippen LogP contribution in [0.3, 0.4) is 0 Å². The zero-order valence-electron chi connectivity index (χ0n) is 11.3. The van der Waals surface area contributed by atoms with E-state index in [0.717, 1.165) is 11.1 Å². The van der Waals surface area contributed by atoms with E-state index in [4.69, 9.17) is 5.73 Å². The third-order valence-electron chi connectivity index (χ3n) is 3.10. The third-order valence-corrected chi connectivity index (χ3v) is 5.47. The van der Waals surface area contributed by atoms with Gasteiger partial charge in [0.25, 0.3) is 0 Å². The lowest BCUT2D eigenvalue weighted by atomic mass is 10.1. The average Bonchev–Trinajstić information content (AvgIpc) is 2.33. The van der Waals surface area contributed by atoms with Crippen LogP contribution in [0, 0.1) is 6.92 Å². The van der Waals surface area contributed by atoms with Gasteiger partial charge in [0.1, 0.15) is 0 Å². The zero-order valence-corrected chi connectivity index (χ0v) is 12.1. The highest BCUT2D eigenvalue weighted by molar-refractivity contribution is 7.89. The van der Waals surface area contributed by atoms with Gasteiger partial charge in [0.15, 0.2) is 0 Å². The van der Waals surface area contributed by atoms with Crippen molar-refractivity contribution in [2.24, 2.45) is 5.73 Å². The van der Waals surface area contributed by atoms with Crippen molar-refractivity contribution in [3.63, 3.8) is 0 Å². The molecular weight excluding hydrogens is 248 g/mol. The molecule has 0 spiro atoms. The van der Waals surface area contributed by atoms with Gasteiger partial charge >= 0.3 is 0 Å². The maximum absolute atomic E-state index is 12.2. The van der Waals surface area contributed by atoms with Gasteiger partial charge in [0.2, 0.25) is 10.0 Å². The Bertz CT molecular complexity index is 464. The molecule has 0 fully saturated rings. The van der Waals surface area contributed by atoms with E-state index >= 15 is 0 Å². The van der Waals surface area contributed by atoms with Crippen LogP contribution in [0.15, 0.2) is 24.3 Å². The molecule has 1 aromatic rings. The van der Waals surface area contributed by atoms with Crippen LogP contribution >= 0.6 is 0 Å². The number of nitrogens with two attached hydrogens (primary N) is 1. The highest BCUT2D eigenvalue weighted by atomic mass is 32.2. The second kappa shape index (κ2) is 6.31. The molecular formula is C13H22N2O2S. The average molecular weight is 270 g/mol. The predicted octanol–water partition coefficient (Wildman–Crippen LogP) is 1.49. The van der Waals surface area contributed by atoms with Crippen molar-refractivity contribution in [3.05, 3.63) is 35.4 Å². The Labute approximate surface area is 110 Å². The molecule has 2 N–H and O–H groups in total. The molecule has 0 aromatic heterocycles. The fourth-order valence-electron chi connectivity index (χ4n) is 1.79. The van der Waals surface area contributed by atoms with Gasteiger partial charge in [-0.2, -0.15) is 0 Å². The maximum Gasteiger partial charge on any atom is 0.218 e. The largest absolute Gasteiger partial charge is 0.329 e. The summed E-state index contributed by atoms with van der Waals surface area (Å²) in [5.74, 6) is 0. The molecule has 5 heteroatoms. The summed E-state index contributed by atoms with van der Waals surface area (Å²) < 4.78 is 25.8. The number of hydrogen-bond donors (Lipinski definition) is 1. The number of hydrogen-bond acceptors (Lipinski definition) is 3. The van der Waals surface area contributed by atoms with Gasteiger partial charge in [-0.25, -0.2) is 12.7 Å². The summed E-state index contributed by atoms with van der Waals surface area (Å²) in [4.78, 5) is 0. The van der Waals surface area contributed by atoms with Crippen LogP contribution in [-0.2, 0) is 16.6 Å². The minimum absolute atomic E-state index is 0.164. The molecule has 18 heavy (non-hydrogen) atoms. The van der Waals surface area contributed by atoms with E-state index < -0.39 is 15.3 Å². The van der Waals surface area contributed by atoms with Crippen molar-refractivity contribution in [2.75, 3.05) is 13.6 Å². The Kier molecular flexibility index (Phi) is 5.31. The summed E-state index contributed by atoms with van der Waals surface area (Å²) in [6.45, 7) is 4.40. The number of sulfonamides is 1. The van der Waals surface area contributed by atoms with Crippen LogP contribution in [0.2, 0.25) is 0 Å². The summed E-state index contributed by atoms with van der Waals surface area (Å²) in [6.07, 6.45) is 0.539. The number of rotatable bonds is 6. The second-order valence-corrected chi connectivity index (χ2v) is 6.87. The molecule has 1 atom stereocenters. The molecule has 0 amide bonds. The number of nitrogens with zero attached hydrogens (tertiary/aromatic N) is 1. The summed E-state index contributed by atoms with van der Waals surface area (Å²) in [5, 5.41) is -0.493. The van der Waals surface area contributed by atoms with E-state index in [2.05, 4.69) is 0 Å². The first-order valence-electron chi connectivity index (χ1n) is 6.12. The van der Waals surface area contributed by atoms with Gasteiger partial charge < -0.3 is 5.73 Å². The molecule has 0 aliphatic carbocycles. The van der Waals surface area contributed by atoms with Crippen LogP contribution in [0.25, 0.3) is 0 Å². The monoisotopic (exact) mass is 270 g/mol. The first kappa shape index (κ1) is 15.1. The fraction of sp³-hybridized carbons (Fsp3) is 0.538. The van der Waals surface area contributed by atoms with E-state index in [0.29, 0.717) is 13.0 Å². The quantitative estimate of drug-likeness (QED) is 0.852. The lowest BCUT2D eigenvalue weighted by Gasteiger charge is -2.22. The third kappa shape index (κ3) is 3.54. The number of benzene rings is 1. The zero-order chi connectivity index (χ0) is 13.8. The van der Waals surface area contributed by atoms with Crippen molar-refractivity contribution >= 4 is 10.0 Å².